The standard InChI is InChI=1S/C20H25N3O/c1-4-20-22-18-11-6-15(2)14-19(18)23(20)13-5-12-21-16-7-9-17(24-3)10-8-16/h6-11,14,21H,4-5,12-13H2,1-3H3. The van der Waals surface area contributed by atoms with Crippen LogP contribution in [0.5, 0.6) is 5.75 Å². The van der Waals surface area contributed by atoms with Gasteiger partial charge in [0.25, 0.3) is 0 Å². The van der Waals surface area contributed by atoms with E-state index in [0.717, 1.165) is 42.9 Å². The summed E-state index contributed by atoms with van der Waals surface area (Å²) in [5.74, 6) is 2.05. The third-order valence-corrected chi connectivity index (χ3v) is 4.28. The topological polar surface area (TPSA) is 39.1 Å². The molecule has 0 aliphatic rings. The van der Waals surface area contributed by atoms with Crippen molar-refractivity contribution in [1.82, 2.24) is 9.55 Å². The van der Waals surface area contributed by atoms with Crippen LogP contribution in [0, 0.1) is 6.92 Å². The van der Waals surface area contributed by atoms with Gasteiger partial charge in [-0.05, 0) is 55.3 Å². The summed E-state index contributed by atoms with van der Waals surface area (Å²) in [5.41, 5.74) is 4.75. The fourth-order valence-corrected chi connectivity index (χ4v) is 2.98. The Labute approximate surface area is 143 Å². The van der Waals surface area contributed by atoms with E-state index in [0.29, 0.717) is 0 Å². The summed E-state index contributed by atoms with van der Waals surface area (Å²) in [5, 5.41) is 3.47. The van der Waals surface area contributed by atoms with Crippen LogP contribution in [0.25, 0.3) is 11.0 Å². The number of methoxy groups -OCH3 is 1. The van der Waals surface area contributed by atoms with Crippen molar-refractivity contribution in [2.75, 3.05) is 19.0 Å². The molecule has 0 amide bonds. The fraction of sp³-hybridized carbons (Fsp3) is 0.350. The highest BCUT2D eigenvalue weighted by Gasteiger charge is 2.09. The number of hydrogen-bond acceptors (Lipinski definition) is 3. The van der Waals surface area contributed by atoms with Crippen molar-refractivity contribution in [1.29, 1.82) is 0 Å². The van der Waals surface area contributed by atoms with Crippen LogP contribution in [0.1, 0.15) is 24.7 Å². The Morgan fingerprint density at radius 3 is 2.62 bits per heavy atom. The van der Waals surface area contributed by atoms with Crippen LogP contribution >= 0.6 is 0 Å². The highest BCUT2D eigenvalue weighted by atomic mass is 16.5. The molecule has 3 aromatic rings. The lowest BCUT2D eigenvalue weighted by atomic mass is 10.2. The summed E-state index contributed by atoms with van der Waals surface area (Å²) in [4.78, 5) is 4.76. The molecular weight excluding hydrogens is 298 g/mol. The molecule has 126 valence electrons. The average Bonchev–Trinajstić information content (AvgIpc) is 2.96. The molecule has 1 N–H and O–H groups in total. The van der Waals surface area contributed by atoms with Gasteiger partial charge in [-0.3, -0.25) is 0 Å². The Morgan fingerprint density at radius 2 is 1.92 bits per heavy atom. The molecule has 3 rings (SSSR count). The molecule has 0 saturated carbocycles. The lowest BCUT2D eigenvalue weighted by Gasteiger charge is -2.10. The zero-order chi connectivity index (χ0) is 16.9. The van der Waals surface area contributed by atoms with Gasteiger partial charge in [0.1, 0.15) is 11.6 Å². The van der Waals surface area contributed by atoms with Crippen LogP contribution in [-0.4, -0.2) is 23.2 Å². The number of benzene rings is 2. The predicted octanol–water partition coefficient (Wildman–Crippen LogP) is 4.42. The molecular formula is C20H25N3O. The Hall–Kier alpha value is -2.49. The van der Waals surface area contributed by atoms with E-state index in [1.54, 1.807) is 7.11 Å². The number of anilines is 1. The summed E-state index contributed by atoms with van der Waals surface area (Å²) < 4.78 is 7.54. The van der Waals surface area contributed by atoms with E-state index >= 15 is 0 Å². The molecule has 0 atom stereocenters. The van der Waals surface area contributed by atoms with E-state index in [4.69, 9.17) is 9.72 Å². The summed E-state index contributed by atoms with van der Waals surface area (Å²) in [7, 11) is 1.69. The molecule has 0 aliphatic carbocycles. The molecule has 0 unspecified atom stereocenters. The van der Waals surface area contributed by atoms with Crippen molar-refractivity contribution in [2.24, 2.45) is 0 Å². The van der Waals surface area contributed by atoms with Gasteiger partial charge in [0.2, 0.25) is 0 Å². The number of hydrogen-bond donors (Lipinski definition) is 1. The first-order chi connectivity index (χ1) is 11.7. The minimum absolute atomic E-state index is 0.883. The summed E-state index contributed by atoms with van der Waals surface area (Å²) in [6.45, 7) is 6.21. The molecule has 0 spiro atoms. The minimum Gasteiger partial charge on any atom is -0.497 e. The number of nitrogens with one attached hydrogen (secondary N) is 1. The van der Waals surface area contributed by atoms with Crippen molar-refractivity contribution >= 4 is 16.7 Å². The van der Waals surface area contributed by atoms with Gasteiger partial charge < -0.3 is 14.6 Å². The van der Waals surface area contributed by atoms with E-state index in [2.05, 4.69) is 41.9 Å². The Balaban J connectivity index is 1.63. The van der Waals surface area contributed by atoms with Crippen LogP contribution in [0.15, 0.2) is 42.5 Å². The monoisotopic (exact) mass is 323 g/mol. The molecule has 4 nitrogen and oxygen atoms in total. The maximum Gasteiger partial charge on any atom is 0.119 e. The molecule has 2 aromatic carbocycles. The van der Waals surface area contributed by atoms with Gasteiger partial charge in [0.15, 0.2) is 0 Å². The second kappa shape index (κ2) is 7.39. The van der Waals surface area contributed by atoms with Gasteiger partial charge in [-0.15, -0.1) is 0 Å². The van der Waals surface area contributed by atoms with E-state index in [-0.39, 0.29) is 0 Å². The lowest BCUT2D eigenvalue weighted by molar-refractivity contribution is 0.415. The zero-order valence-corrected chi connectivity index (χ0v) is 14.7. The molecule has 0 radical (unpaired) electrons. The molecule has 0 fully saturated rings. The van der Waals surface area contributed by atoms with Crippen LogP contribution in [0.2, 0.25) is 0 Å². The smallest absolute Gasteiger partial charge is 0.119 e. The molecule has 4 heteroatoms. The molecule has 0 saturated heterocycles. The van der Waals surface area contributed by atoms with Gasteiger partial charge in [-0.2, -0.15) is 0 Å². The Kier molecular flexibility index (Phi) is 5.04. The van der Waals surface area contributed by atoms with Crippen molar-refractivity contribution in [3.05, 3.63) is 53.9 Å². The number of aryl methyl sites for hydroxylation is 3. The third kappa shape index (κ3) is 3.53. The molecule has 1 aromatic heterocycles. The number of rotatable bonds is 7. The van der Waals surface area contributed by atoms with Crippen LogP contribution in [-0.2, 0) is 13.0 Å². The minimum atomic E-state index is 0.883. The predicted molar refractivity (Wildman–Crippen MR) is 99.9 cm³/mol. The maximum absolute atomic E-state index is 5.18. The van der Waals surface area contributed by atoms with Crippen molar-refractivity contribution in [3.8, 4) is 5.75 Å². The fourth-order valence-electron chi connectivity index (χ4n) is 2.98. The molecule has 0 bridgehead atoms. The molecule has 24 heavy (non-hydrogen) atoms. The first-order valence-electron chi connectivity index (χ1n) is 8.55. The summed E-state index contributed by atoms with van der Waals surface area (Å²) in [6.07, 6.45) is 2.01. The third-order valence-electron chi connectivity index (χ3n) is 4.28. The number of ether oxygens (including phenoxy) is 1. The quantitative estimate of drug-likeness (QED) is 0.654. The van der Waals surface area contributed by atoms with Gasteiger partial charge in [0, 0.05) is 25.2 Å². The van der Waals surface area contributed by atoms with Crippen LogP contribution < -0.4 is 10.1 Å². The van der Waals surface area contributed by atoms with E-state index in [9.17, 15) is 0 Å². The van der Waals surface area contributed by atoms with Gasteiger partial charge >= 0.3 is 0 Å². The van der Waals surface area contributed by atoms with Gasteiger partial charge in [0.05, 0.1) is 18.1 Å². The lowest BCUT2D eigenvalue weighted by Crippen LogP contribution is -2.09. The van der Waals surface area contributed by atoms with E-state index in [1.807, 2.05) is 24.3 Å². The van der Waals surface area contributed by atoms with Crippen molar-refractivity contribution in [3.63, 3.8) is 0 Å². The normalized spacial score (nSPS) is 11.0. The highest BCUT2D eigenvalue weighted by Crippen LogP contribution is 2.19. The largest absolute Gasteiger partial charge is 0.497 e. The zero-order valence-electron chi connectivity index (χ0n) is 14.7. The van der Waals surface area contributed by atoms with Gasteiger partial charge in [-0.1, -0.05) is 13.0 Å². The Morgan fingerprint density at radius 1 is 1.12 bits per heavy atom. The summed E-state index contributed by atoms with van der Waals surface area (Å²) in [6, 6.07) is 14.5. The number of fused-ring (bicyclic) bond motifs is 1. The van der Waals surface area contributed by atoms with E-state index in [1.165, 1.54) is 16.9 Å². The first-order valence-corrected chi connectivity index (χ1v) is 8.55. The Bertz CT molecular complexity index is 806. The second-order valence-electron chi connectivity index (χ2n) is 6.03. The average molecular weight is 323 g/mol. The molecule has 0 aliphatic heterocycles. The second-order valence-corrected chi connectivity index (χ2v) is 6.03. The van der Waals surface area contributed by atoms with Gasteiger partial charge in [-0.25, -0.2) is 4.98 Å². The maximum atomic E-state index is 5.18. The highest BCUT2D eigenvalue weighted by molar-refractivity contribution is 5.76. The number of nitrogens with zero attached hydrogens (tertiary/aromatic N) is 2. The summed E-state index contributed by atoms with van der Waals surface area (Å²) >= 11 is 0. The first kappa shape index (κ1) is 16.4. The van der Waals surface area contributed by atoms with E-state index < -0.39 is 0 Å². The number of aromatic nitrogens is 2. The molecule has 1 heterocycles. The van der Waals surface area contributed by atoms with Crippen molar-refractivity contribution < 1.29 is 4.74 Å². The SMILES string of the molecule is CCc1nc2ccc(C)cc2n1CCCNc1ccc(OC)cc1. The number of imidazole rings is 1. The van der Waals surface area contributed by atoms with Crippen molar-refractivity contribution in [2.45, 2.75) is 33.2 Å². The van der Waals surface area contributed by atoms with Crippen LogP contribution in [0.4, 0.5) is 5.69 Å². The van der Waals surface area contributed by atoms with Crippen LogP contribution in [0.3, 0.4) is 0 Å².